The van der Waals surface area contributed by atoms with Crippen molar-refractivity contribution in [3.8, 4) is 23.3 Å². The Bertz CT molecular complexity index is 1860. The number of methoxy groups -OCH3 is 2. The number of pyridine rings is 4. The number of hydrogen-bond acceptors (Lipinski definition) is 12. The molecule has 0 radical (unpaired) electrons. The number of amides is 4. The van der Waals surface area contributed by atoms with E-state index in [1.165, 1.54) is 26.6 Å². The maximum atomic E-state index is 13.9. The van der Waals surface area contributed by atoms with E-state index in [4.69, 9.17) is 30.4 Å². The first-order valence-electron chi connectivity index (χ1n) is 16.3. The monoisotopic (exact) mass is 724 g/mol. The van der Waals surface area contributed by atoms with Crippen LogP contribution in [0, 0.1) is 11.8 Å². The highest BCUT2D eigenvalue weighted by molar-refractivity contribution is 5.98. The fourth-order valence-corrected chi connectivity index (χ4v) is 6.19. The molecule has 276 valence electrons. The van der Waals surface area contributed by atoms with E-state index in [1.807, 2.05) is 13.8 Å². The number of hydrogen-bond donors (Lipinski definition) is 4. The Kier molecular flexibility index (Phi) is 11.4. The quantitative estimate of drug-likeness (QED) is 0.164. The van der Waals surface area contributed by atoms with Gasteiger partial charge in [-0.2, -0.15) is 0 Å². The molecule has 6 rings (SSSR count). The molecule has 4 amide bonds. The van der Waals surface area contributed by atoms with Crippen LogP contribution in [0.1, 0.15) is 47.7 Å². The van der Waals surface area contributed by atoms with Crippen LogP contribution in [0.25, 0.3) is 21.8 Å². The van der Waals surface area contributed by atoms with E-state index in [9.17, 15) is 28.0 Å². The summed E-state index contributed by atoms with van der Waals surface area (Å²) in [5, 5.41) is 6.24. The molecule has 6 N–H and O–H groups in total. The smallest absolute Gasteiger partial charge is 0.271 e. The topological polar surface area (TPSA) is 233 Å². The van der Waals surface area contributed by atoms with Crippen LogP contribution in [0.2, 0.25) is 0 Å². The Morgan fingerprint density at radius 3 is 1.44 bits per heavy atom. The zero-order valence-electron chi connectivity index (χ0n) is 28.7. The molecule has 0 saturated carbocycles. The predicted octanol–water partition coefficient (Wildman–Crippen LogP) is 1.96. The van der Waals surface area contributed by atoms with Crippen molar-refractivity contribution in [2.75, 3.05) is 27.4 Å². The number of fused-ring (bicyclic) bond motifs is 2. The van der Waals surface area contributed by atoms with Crippen LogP contribution in [0.5, 0.6) is 23.3 Å². The Balaban J connectivity index is 0.000000201. The van der Waals surface area contributed by atoms with Gasteiger partial charge in [0, 0.05) is 24.2 Å². The van der Waals surface area contributed by atoms with Gasteiger partial charge in [0.15, 0.2) is 35.2 Å². The van der Waals surface area contributed by atoms with Gasteiger partial charge in [-0.25, -0.2) is 28.7 Å². The van der Waals surface area contributed by atoms with E-state index < -0.39 is 59.9 Å². The van der Waals surface area contributed by atoms with Gasteiger partial charge in [0.25, 0.3) is 23.6 Å². The van der Waals surface area contributed by atoms with Gasteiger partial charge in [0.1, 0.15) is 13.2 Å². The van der Waals surface area contributed by atoms with Crippen molar-refractivity contribution >= 4 is 45.4 Å². The predicted molar refractivity (Wildman–Crippen MR) is 181 cm³/mol. The van der Waals surface area contributed by atoms with Crippen LogP contribution in [0.15, 0.2) is 36.7 Å². The molecule has 16 nitrogen and oxygen atoms in total. The molecule has 2 saturated heterocycles. The Hall–Kier alpha value is -5.94. The van der Waals surface area contributed by atoms with Crippen LogP contribution < -0.4 is 41.0 Å². The summed E-state index contributed by atoms with van der Waals surface area (Å²) < 4.78 is 49.5. The highest BCUT2D eigenvalue weighted by Crippen LogP contribution is 2.31. The molecular weight excluding hydrogens is 686 g/mol. The minimum absolute atomic E-state index is 0.00604. The third-order valence-electron chi connectivity index (χ3n) is 8.93. The minimum Gasteiger partial charge on any atom is -0.494 e. The van der Waals surface area contributed by atoms with Gasteiger partial charge in [-0.15, -0.1) is 0 Å². The number of rotatable bonds is 12. The summed E-state index contributed by atoms with van der Waals surface area (Å²) in [7, 11) is 2.79. The lowest BCUT2D eigenvalue weighted by atomic mass is 9.97. The van der Waals surface area contributed by atoms with Crippen molar-refractivity contribution in [3.05, 3.63) is 48.0 Å². The van der Waals surface area contributed by atoms with Crippen LogP contribution >= 0.6 is 0 Å². The second-order valence-electron chi connectivity index (χ2n) is 12.0. The summed E-state index contributed by atoms with van der Waals surface area (Å²) in [5.41, 5.74) is 11.5. The highest BCUT2D eigenvalue weighted by atomic mass is 19.1. The average Bonchev–Trinajstić information content (AvgIpc) is 3.58. The maximum absolute atomic E-state index is 13.9. The molecule has 0 bridgehead atoms. The number of nitrogens with two attached hydrogens (primary N) is 2. The highest BCUT2D eigenvalue weighted by Gasteiger charge is 2.43. The maximum Gasteiger partial charge on any atom is 0.271 e. The molecule has 2 fully saturated rings. The summed E-state index contributed by atoms with van der Waals surface area (Å²) in [6.07, 6.45) is 0.903. The minimum atomic E-state index is -1.53. The summed E-state index contributed by atoms with van der Waals surface area (Å²) in [6.45, 7) is 3.77. The first-order chi connectivity index (χ1) is 24.9. The van der Waals surface area contributed by atoms with Crippen LogP contribution in [-0.2, 0) is 9.59 Å². The number of aromatic nitrogens is 4. The van der Waals surface area contributed by atoms with E-state index in [1.54, 1.807) is 24.3 Å². The number of alkyl halides is 2. The lowest BCUT2D eigenvalue weighted by molar-refractivity contribution is -0.124. The molecular formula is C34H38F2N8O8. The number of nitrogens with zero attached hydrogens (tertiary/aromatic N) is 4. The number of ether oxygens (including phenoxy) is 4. The number of halogens is 2. The molecule has 2 aliphatic rings. The van der Waals surface area contributed by atoms with Gasteiger partial charge in [-0.3, -0.25) is 19.2 Å². The van der Waals surface area contributed by atoms with E-state index in [-0.39, 0.29) is 47.9 Å². The summed E-state index contributed by atoms with van der Waals surface area (Å²) in [4.78, 5) is 62.8. The van der Waals surface area contributed by atoms with Gasteiger partial charge in [-0.05, 0) is 37.1 Å². The Labute approximate surface area is 296 Å². The molecule has 6 atom stereocenters. The van der Waals surface area contributed by atoms with Gasteiger partial charge >= 0.3 is 0 Å². The van der Waals surface area contributed by atoms with Crippen molar-refractivity contribution in [3.63, 3.8) is 0 Å². The van der Waals surface area contributed by atoms with Gasteiger partial charge < -0.3 is 41.0 Å². The third-order valence-corrected chi connectivity index (χ3v) is 8.93. The van der Waals surface area contributed by atoms with Crippen molar-refractivity contribution in [1.29, 1.82) is 0 Å². The van der Waals surface area contributed by atoms with Crippen LogP contribution in [0.4, 0.5) is 8.78 Å². The molecule has 0 aromatic carbocycles. The van der Waals surface area contributed by atoms with Gasteiger partial charge in [-0.1, -0.05) is 13.8 Å². The Morgan fingerprint density at radius 2 is 1.12 bits per heavy atom. The second-order valence-corrected chi connectivity index (χ2v) is 12.0. The molecule has 18 heteroatoms. The average molecular weight is 725 g/mol. The molecule has 4 aromatic rings. The molecule has 52 heavy (non-hydrogen) atoms. The van der Waals surface area contributed by atoms with Crippen LogP contribution in [-0.4, -0.2) is 95.4 Å². The lowest BCUT2D eigenvalue weighted by Crippen LogP contribution is -2.34. The second kappa shape index (κ2) is 15.9. The van der Waals surface area contributed by atoms with Crippen molar-refractivity contribution in [2.45, 2.75) is 51.1 Å². The first kappa shape index (κ1) is 37.3. The number of carbonyl (C=O) groups is 4. The zero-order valence-corrected chi connectivity index (χ0v) is 28.7. The van der Waals surface area contributed by atoms with Gasteiger partial charge in [0.05, 0.1) is 48.1 Å². The van der Waals surface area contributed by atoms with Crippen molar-refractivity contribution < 1.29 is 46.9 Å². The van der Waals surface area contributed by atoms with E-state index in [0.29, 0.717) is 34.6 Å². The largest absolute Gasteiger partial charge is 0.494 e. The molecule has 2 aliphatic heterocycles. The summed E-state index contributed by atoms with van der Waals surface area (Å²) >= 11 is 0. The van der Waals surface area contributed by atoms with Crippen LogP contribution in [0.3, 0.4) is 0 Å². The lowest BCUT2D eigenvalue weighted by Gasteiger charge is -2.18. The first-order valence-corrected chi connectivity index (χ1v) is 16.3. The molecule has 0 unspecified atom stereocenters. The fraction of sp³-hybridized carbons (Fsp3) is 0.412. The van der Waals surface area contributed by atoms with Crippen molar-refractivity contribution in [1.82, 2.24) is 30.6 Å². The normalized spacial score (nSPS) is 22.3. The number of primary amides is 2. The van der Waals surface area contributed by atoms with Gasteiger partial charge in [0.2, 0.25) is 11.8 Å². The number of nitrogens with one attached hydrogen (secondary N) is 2. The number of carbonyl (C=O) groups excluding carboxylic acids is 4. The molecule has 4 aromatic heterocycles. The standard InChI is InChI=1S/2C17H19FN4O4/c2*1-3-8-11(22-16(24)13(8)18)7-26-17-9-6-12(25-2)14(15(19)23)21-10(9)4-5-20-17/h2*4-6,8,11,13H,3,7H2,1-2H3,(H2,19,23)(H,22,24)/t2*8-,11+,13-/m00/s1. The Morgan fingerprint density at radius 1 is 0.731 bits per heavy atom. The summed E-state index contributed by atoms with van der Waals surface area (Å²) in [6, 6.07) is 5.45. The fourth-order valence-electron chi connectivity index (χ4n) is 6.19. The molecule has 0 spiro atoms. The zero-order chi connectivity index (χ0) is 37.7. The van der Waals surface area contributed by atoms with E-state index in [2.05, 4.69) is 30.6 Å². The summed E-state index contributed by atoms with van der Waals surface area (Å²) in [5.74, 6) is -2.67. The SMILES string of the molecule is CC[C@@H]1[C@H](F)C(=O)N[C@@H]1COc1nccc2nc(C(N)=O)c(OC)cc12.CC[C@@H]1[C@H](F)C(=O)N[C@@H]1COc1nccc2nc(C(N)=O)c(OC)cc12. The third kappa shape index (κ3) is 7.54. The van der Waals surface area contributed by atoms with E-state index in [0.717, 1.165) is 0 Å². The van der Waals surface area contributed by atoms with E-state index >= 15 is 0 Å². The molecule has 0 aliphatic carbocycles. The van der Waals surface area contributed by atoms with Crippen molar-refractivity contribution in [2.24, 2.45) is 23.3 Å². The molecule has 6 heterocycles.